The first-order valence-corrected chi connectivity index (χ1v) is 15.8. The molecule has 4 fully saturated rings. The van der Waals surface area contributed by atoms with Crippen LogP contribution in [0.2, 0.25) is 4.34 Å². The molecule has 4 aliphatic carbocycles. The van der Waals surface area contributed by atoms with Crippen molar-refractivity contribution in [2.45, 2.75) is 110 Å². The summed E-state index contributed by atoms with van der Waals surface area (Å²) in [5, 5.41) is 36.8. The Morgan fingerprint density at radius 2 is 1.89 bits per heavy atom. The molecule has 1 heterocycles. The van der Waals surface area contributed by atoms with Crippen LogP contribution in [0.15, 0.2) is 12.1 Å². The molecule has 1 amide bonds. The smallest absolute Gasteiger partial charge is 0.220 e. The number of aliphatic hydroxyl groups excluding tert-OH is 3. The van der Waals surface area contributed by atoms with Crippen molar-refractivity contribution in [1.29, 1.82) is 0 Å². The molecule has 5 rings (SSSR count). The molecule has 4 saturated carbocycles. The van der Waals surface area contributed by atoms with Crippen molar-refractivity contribution in [3.05, 3.63) is 21.3 Å². The van der Waals surface area contributed by atoms with Gasteiger partial charge in [0.1, 0.15) is 0 Å². The molecule has 0 spiro atoms. The fourth-order valence-corrected chi connectivity index (χ4v) is 10.9. The summed E-state index contributed by atoms with van der Waals surface area (Å²) in [7, 11) is 0. The number of aliphatic hydroxyl groups is 3. The number of thiophene rings is 1. The molecule has 0 saturated heterocycles. The fourth-order valence-electron chi connectivity index (χ4n) is 9.71. The van der Waals surface area contributed by atoms with E-state index in [0.29, 0.717) is 18.3 Å². The quantitative estimate of drug-likeness (QED) is 0.351. The lowest BCUT2D eigenvalue weighted by Crippen LogP contribution is -2.62. The van der Waals surface area contributed by atoms with Gasteiger partial charge in [0.05, 0.1) is 28.7 Å². The van der Waals surface area contributed by atoms with Gasteiger partial charge >= 0.3 is 0 Å². The van der Waals surface area contributed by atoms with E-state index in [1.807, 2.05) is 12.1 Å². The van der Waals surface area contributed by atoms with Crippen molar-refractivity contribution in [2.24, 2.45) is 46.3 Å². The summed E-state index contributed by atoms with van der Waals surface area (Å²) < 4.78 is 0.736. The van der Waals surface area contributed by atoms with Crippen LogP contribution >= 0.6 is 22.9 Å². The van der Waals surface area contributed by atoms with Gasteiger partial charge in [0.25, 0.3) is 0 Å². The summed E-state index contributed by atoms with van der Waals surface area (Å²) in [4.78, 5) is 14.2. The van der Waals surface area contributed by atoms with E-state index in [0.717, 1.165) is 60.6 Å². The highest BCUT2D eigenvalue weighted by Gasteiger charge is 2.65. The van der Waals surface area contributed by atoms with Crippen LogP contribution in [0.1, 0.15) is 96.4 Å². The summed E-state index contributed by atoms with van der Waals surface area (Å²) in [5.74, 6) is 1.56. The molecule has 1 aromatic heterocycles. The average Bonchev–Trinajstić information content (AvgIpc) is 3.43. The van der Waals surface area contributed by atoms with Gasteiger partial charge in [-0.25, -0.2) is 0 Å². The van der Waals surface area contributed by atoms with Crippen LogP contribution in [0, 0.1) is 46.3 Å². The van der Waals surface area contributed by atoms with Crippen LogP contribution in [0.5, 0.6) is 0 Å². The minimum atomic E-state index is -0.428. The highest BCUT2D eigenvalue weighted by Crippen LogP contribution is 2.68. The van der Waals surface area contributed by atoms with Crippen molar-refractivity contribution in [2.75, 3.05) is 0 Å². The van der Waals surface area contributed by atoms with E-state index < -0.39 is 6.10 Å². The molecule has 0 aromatic carbocycles. The molecule has 0 bridgehead atoms. The molecule has 12 atom stereocenters. The highest BCUT2D eigenvalue weighted by molar-refractivity contribution is 7.16. The molecular weight excluding hydrogens is 506 g/mol. The molecule has 5 nitrogen and oxygen atoms in total. The monoisotopic (exact) mass is 551 g/mol. The molecule has 0 unspecified atom stereocenters. The second kappa shape index (κ2) is 10.4. The number of amides is 1. The number of carbonyl (C=O) groups excluding carboxylic acids is 1. The Bertz CT molecular complexity index is 987. The summed E-state index contributed by atoms with van der Waals surface area (Å²) in [6.07, 6.45) is 6.31. The maximum absolute atomic E-state index is 13.1. The van der Waals surface area contributed by atoms with E-state index in [2.05, 4.69) is 33.0 Å². The average molecular weight is 552 g/mol. The van der Waals surface area contributed by atoms with Crippen LogP contribution < -0.4 is 5.32 Å². The van der Waals surface area contributed by atoms with Gasteiger partial charge in [0.15, 0.2) is 0 Å². The normalized spacial score (nSPS) is 44.9. The summed E-state index contributed by atoms with van der Waals surface area (Å²) >= 11 is 7.65. The van der Waals surface area contributed by atoms with Gasteiger partial charge in [-0.15, -0.1) is 11.3 Å². The van der Waals surface area contributed by atoms with Crippen LogP contribution in [0.4, 0.5) is 0 Å². The number of hydrogen-bond acceptors (Lipinski definition) is 5. The van der Waals surface area contributed by atoms with Gasteiger partial charge in [-0.2, -0.15) is 0 Å². The number of rotatable bonds is 6. The fraction of sp³-hybridized carbons (Fsp3) is 0.833. The Morgan fingerprint density at radius 1 is 1.14 bits per heavy atom. The summed E-state index contributed by atoms with van der Waals surface area (Å²) in [6, 6.07) is 3.86. The van der Waals surface area contributed by atoms with E-state index in [4.69, 9.17) is 11.6 Å². The molecule has 37 heavy (non-hydrogen) atoms. The molecule has 4 aliphatic rings. The maximum Gasteiger partial charge on any atom is 0.220 e. The van der Waals surface area contributed by atoms with Gasteiger partial charge in [0.2, 0.25) is 5.91 Å². The van der Waals surface area contributed by atoms with E-state index in [-0.39, 0.29) is 58.7 Å². The lowest BCUT2D eigenvalue weighted by atomic mass is 9.43. The Hall–Kier alpha value is -0.660. The van der Waals surface area contributed by atoms with E-state index >= 15 is 0 Å². The van der Waals surface area contributed by atoms with Crippen LogP contribution in [-0.4, -0.2) is 39.5 Å². The number of halogens is 1. The first kappa shape index (κ1) is 27.9. The Balaban J connectivity index is 1.30. The van der Waals surface area contributed by atoms with Gasteiger partial charge in [0, 0.05) is 11.3 Å². The van der Waals surface area contributed by atoms with Crippen LogP contribution in [-0.2, 0) is 4.79 Å². The highest BCUT2D eigenvalue weighted by atomic mass is 35.5. The number of hydrogen-bond donors (Lipinski definition) is 4. The van der Waals surface area contributed by atoms with Gasteiger partial charge in [-0.3, -0.25) is 4.79 Å². The van der Waals surface area contributed by atoms with Gasteiger partial charge in [-0.1, -0.05) is 39.3 Å². The number of fused-ring (bicyclic) bond motifs is 5. The second-order valence-corrected chi connectivity index (χ2v) is 15.1. The third-order valence-corrected chi connectivity index (χ3v) is 13.1. The topological polar surface area (TPSA) is 89.8 Å². The Kier molecular flexibility index (Phi) is 7.83. The Morgan fingerprint density at radius 3 is 2.57 bits per heavy atom. The molecule has 1 aromatic rings. The number of carbonyl (C=O) groups is 1. The predicted octanol–water partition coefficient (Wildman–Crippen LogP) is 5.96. The largest absolute Gasteiger partial charge is 0.393 e. The lowest BCUT2D eigenvalue weighted by molar-refractivity contribution is -0.207. The number of nitrogens with one attached hydrogen (secondary N) is 1. The molecule has 208 valence electrons. The van der Waals surface area contributed by atoms with Crippen molar-refractivity contribution in [1.82, 2.24) is 5.32 Å². The zero-order chi connectivity index (χ0) is 26.7. The van der Waals surface area contributed by atoms with Crippen molar-refractivity contribution in [3.63, 3.8) is 0 Å². The lowest BCUT2D eigenvalue weighted by Gasteiger charge is -2.63. The molecule has 4 N–H and O–H groups in total. The Labute approximate surface area is 231 Å². The van der Waals surface area contributed by atoms with E-state index in [1.165, 1.54) is 11.3 Å². The first-order valence-electron chi connectivity index (χ1n) is 14.6. The first-order chi connectivity index (χ1) is 17.5. The zero-order valence-electron chi connectivity index (χ0n) is 22.8. The van der Waals surface area contributed by atoms with Crippen molar-refractivity contribution in [3.8, 4) is 0 Å². The SMILES string of the molecule is CC[C@@H](NC(=O)C[C@@H](C)[C@H]1CC[C@H]2[C@@H]3[C@H](O)C[C@@H]4C[C@H](O)CC[C@]4(C)[C@H]3C[C@H](O)[C@]12C)c1ccc(Cl)s1. The van der Waals surface area contributed by atoms with E-state index in [9.17, 15) is 20.1 Å². The van der Waals surface area contributed by atoms with Crippen LogP contribution in [0.25, 0.3) is 0 Å². The predicted molar refractivity (Wildman–Crippen MR) is 148 cm³/mol. The second-order valence-electron chi connectivity index (χ2n) is 13.4. The van der Waals surface area contributed by atoms with Gasteiger partial charge in [-0.05, 0) is 110 Å². The third-order valence-electron chi connectivity index (χ3n) is 11.7. The standard InChI is InChI=1S/C30H46ClNO4S/c1-5-22(24-8-9-26(31)37-24)32-27(36)12-16(2)19-6-7-20-28-21(15-25(35)30(19,20)4)29(3)11-10-18(33)13-17(29)14-23(28)34/h8-9,16-23,25,28,33-35H,5-7,10-15H2,1-4H3,(H,32,36)/t16-,17+,18-,19-,20+,21+,22-,23-,25+,28+,29+,30-/m1/s1. The molecule has 0 aliphatic heterocycles. The van der Waals surface area contributed by atoms with Crippen molar-refractivity contribution >= 4 is 28.8 Å². The minimum absolute atomic E-state index is 0.0229. The maximum atomic E-state index is 13.1. The molecule has 0 radical (unpaired) electrons. The third kappa shape index (κ3) is 4.71. The van der Waals surface area contributed by atoms with E-state index in [1.54, 1.807) is 0 Å². The van der Waals surface area contributed by atoms with Gasteiger partial charge < -0.3 is 20.6 Å². The minimum Gasteiger partial charge on any atom is -0.393 e. The van der Waals surface area contributed by atoms with Crippen LogP contribution in [0.3, 0.4) is 0 Å². The molecule has 7 heteroatoms. The summed E-state index contributed by atoms with van der Waals surface area (Å²) in [5.41, 5.74) is -0.209. The summed E-state index contributed by atoms with van der Waals surface area (Å²) in [6.45, 7) is 8.87. The molecular formula is C30H46ClNO4S. The zero-order valence-corrected chi connectivity index (χ0v) is 24.4. The van der Waals surface area contributed by atoms with Crippen molar-refractivity contribution < 1.29 is 20.1 Å².